The molecule has 1 atom stereocenters. The summed E-state index contributed by atoms with van der Waals surface area (Å²) < 4.78 is 0. The molecule has 0 fully saturated rings. The summed E-state index contributed by atoms with van der Waals surface area (Å²) >= 11 is 0. The fraction of sp³-hybridized carbons (Fsp3) is 0.350. The number of hydrogen-bond donors (Lipinski definition) is 0. The lowest BCUT2D eigenvalue weighted by molar-refractivity contribution is 0.101. The zero-order chi connectivity index (χ0) is 15.6. The van der Waals surface area contributed by atoms with Gasteiger partial charge in [0, 0.05) is 11.5 Å². The molecule has 0 saturated carbocycles. The Morgan fingerprint density at radius 3 is 1.67 bits per heavy atom. The number of hydrogen-bond acceptors (Lipinski definition) is 1. The van der Waals surface area contributed by atoms with Gasteiger partial charge in [-0.15, -0.1) is 0 Å². The van der Waals surface area contributed by atoms with E-state index in [0.29, 0.717) is 5.92 Å². The minimum Gasteiger partial charge on any atom is -0.295 e. The van der Waals surface area contributed by atoms with Gasteiger partial charge in [0.15, 0.2) is 5.78 Å². The Balaban J connectivity index is 2.23. The Morgan fingerprint density at radius 2 is 1.29 bits per heavy atom. The minimum atomic E-state index is 0.115. The molecule has 2 aromatic carbocycles. The van der Waals surface area contributed by atoms with Crippen LogP contribution in [0.15, 0.2) is 48.5 Å². The molecule has 0 aliphatic heterocycles. The molecule has 0 saturated heterocycles. The van der Waals surface area contributed by atoms with Crippen molar-refractivity contribution in [2.24, 2.45) is 0 Å². The van der Waals surface area contributed by atoms with E-state index in [1.54, 1.807) is 6.92 Å². The van der Waals surface area contributed by atoms with Gasteiger partial charge in [-0.2, -0.15) is 0 Å². The monoisotopic (exact) mass is 280 g/mol. The second-order valence-corrected chi connectivity index (χ2v) is 6.77. The zero-order valence-corrected chi connectivity index (χ0v) is 13.6. The third-order valence-electron chi connectivity index (χ3n) is 4.09. The molecule has 2 aromatic rings. The van der Waals surface area contributed by atoms with Gasteiger partial charge in [0.1, 0.15) is 0 Å². The van der Waals surface area contributed by atoms with E-state index in [2.05, 4.69) is 64.1 Å². The van der Waals surface area contributed by atoms with E-state index in [-0.39, 0.29) is 11.2 Å². The van der Waals surface area contributed by atoms with Crippen LogP contribution in [-0.2, 0) is 5.41 Å². The second-order valence-electron chi connectivity index (χ2n) is 6.77. The largest absolute Gasteiger partial charge is 0.295 e. The summed E-state index contributed by atoms with van der Waals surface area (Å²) in [5.41, 5.74) is 4.85. The second kappa shape index (κ2) is 5.85. The van der Waals surface area contributed by atoms with Crippen LogP contribution in [0.4, 0.5) is 0 Å². The highest BCUT2D eigenvalue weighted by molar-refractivity contribution is 5.94. The molecule has 21 heavy (non-hydrogen) atoms. The Kier molecular flexibility index (Phi) is 4.32. The molecule has 0 aliphatic rings. The van der Waals surface area contributed by atoms with Crippen molar-refractivity contribution in [2.75, 3.05) is 0 Å². The maximum Gasteiger partial charge on any atom is 0.159 e. The fourth-order valence-corrected chi connectivity index (χ4v) is 2.47. The third-order valence-corrected chi connectivity index (χ3v) is 4.09. The molecule has 0 amide bonds. The lowest BCUT2D eigenvalue weighted by atomic mass is 9.85. The van der Waals surface area contributed by atoms with Crippen molar-refractivity contribution in [1.29, 1.82) is 0 Å². The van der Waals surface area contributed by atoms with E-state index in [0.717, 1.165) is 5.56 Å². The first-order valence-corrected chi connectivity index (χ1v) is 7.50. The maximum atomic E-state index is 11.3. The summed E-state index contributed by atoms with van der Waals surface area (Å²) in [4.78, 5) is 11.3. The van der Waals surface area contributed by atoms with Crippen LogP contribution in [0.3, 0.4) is 0 Å². The van der Waals surface area contributed by atoms with Gasteiger partial charge in [-0.1, -0.05) is 76.2 Å². The lowest BCUT2D eigenvalue weighted by Crippen LogP contribution is -2.11. The predicted octanol–water partition coefficient (Wildman–Crippen LogP) is 5.34. The van der Waals surface area contributed by atoms with Crippen molar-refractivity contribution in [1.82, 2.24) is 0 Å². The van der Waals surface area contributed by atoms with Gasteiger partial charge < -0.3 is 0 Å². The molecule has 1 nitrogen and oxygen atoms in total. The minimum absolute atomic E-state index is 0.115. The number of Topliss-reactive ketones (excluding diaryl/α,β-unsaturated/α-hetero) is 1. The number of rotatable bonds is 3. The normalized spacial score (nSPS) is 13.0. The summed E-state index contributed by atoms with van der Waals surface area (Å²) in [6.45, 7) is 10.5. The molecule has 0 aliphatic carbocycles. The molecule has 0 heterocycles. The fourth-order valence-electron chi connectivity index (χ4n) is 2.47. The molecule has 2 rings (SSSR count). The number of carbonyl (C=O) groups excluding carboxylic acids is 1. The smallest absolute Gasteiger partial charge is 0.159 e. The number of carbonyl (C=O) groups is 1. The van der Waals surface area contributed by atoms with Gasteiger partial charge in [0.05, 0.1) is 0 Å². The van der Waals surface area contributed by atoms with Crippen LogP contribution in [0, 0.1) is 0 Å². The van der Waals surface area contributed by atoms with Crippen LogP contribution in [0.25, 0.3) is 0 Å². The first-order chi connectivity index (χ1) is 9.79. The third kappa shape index (κ3) is 3.60. The molecular formula is C20H24O. The average Bonchev–Trinajstić information content (AvgIpc) is 2.46. The quantitative estimate of drug-likeness (QED) is 0.694. The molecule has 1 heteroatoms. The number of ketones is 1. The molecule has 0 N–H and O–H groups in total. The van der Waals surface area contributed by atoms with E-state index in [1.165, 1.54) is 16.7 Å². The van der Waals surface area contributed by atoms with E-state index in [4.69, 9.17) is 0 Å². The highest BCUT2D eigenvalue weighted by Gasteiger charge is 2.14. The highest BCUT2D eigenvalue weighted by atomic mass is 16.1. The van der Waals surface area contributed by atoms with Crippen molar-refractivity contribution in [3.8, 4) is 0 Å². The van der Waals surface area contributed by atoms with E-state index >= 15 is 0 Å². The van der Waals surface area contributed by atoms with Crippen LogP contribution >= 0.6 is 0 Å². The summed E-state index contributed by atoms with van der Waals surface area (Å²) in [5.74, 6) is 0.448. The topological polar surface area (TPSA) is 17.1 Å². The molecule has 0 spiro atoms. The number of benzene rings is 2. The van der Waals surface area contributed by atoms with Gasteiger partial charge in [0.2, 0.25) is 0 Å². The summed E-state index contributed by atoms with van der Waals surface area (Å²) in [5, 5.41) is 0. The maximum absolute atomic E-state index is 11.3. The van der Waals surface area contributed by atoms with E-state index in [9.17, 15) is 4.79 Å². The van der Waals surface area contributed by atoms with Crippen molar-refractivity contribution in [2.45, 2.75) is 46.0 Å². The Morgan fingerprint density at radius 1 is 0.857 bits per heavy atom. The van der Waals surface area contributed by atoms with E-state index < -0.39 is 0 Å². The average molecular weight is 280 g/mol. The summed E-state index contributed by atoms with van der Waals surface area (Å²) in [6.07, 6.45) is 0. The van der Waals surface area contributed by atoms with E-state index in [1.807, 2.05) is 12.1 Å². The first-order valence-electron chi connectivity index (χ1n) is 7.50. The van der Waals surface area contributed by atoms with Crippen molar-refractivity contribution in [3.05, 3.63) is 70.8 Å². The van der Waals surface area contributed by atoms with Crippen molar-refractivity contribution in [3.63, 3.8) is 0 Å². The van der Waals surface area contributed by atoms with Gasteiger partial charge in [0.25, 0.3) is 0 Å². The molecule has 110 valence electrons. The Labute approximate surface area is 128 Å². The van der Waals surface area contributed by atoms with Gasteiger partial charge in [-0.3, -0.25) is 4.79 Å². The van der Waals surface area contributed by atoms with Crippen LogP contribution in [0.5, 0.6) is 0 Å². The van der Waals surface area contributed by atoms with Crippen LogP contribution in [0.1, 0.15) is 67.6 Å². The first kappa shape index (κ1) is 15.5. The van der Waals surface area contributed by atoms with Crippen LogP contribution < -0.4 is 0 Å². The summed E-state index contributed by atoms with van der Waals surface area (Å²) in [7, 11) is 0. The van der Waals surface area contributed by atoms with Crippen LogP contribution in [-0.4, -0.2) is 5.78 Å². The lowest BCUT2D eigenvalue weighted by Gasteiger charge is -2.20. The zero-order valence-electron chi connectivity index (χ0n) is 13.6. The van der Waals surface area contributed by atoms with Crippen LogP contribution in [0.2, 0.25) is 0 Å². The molecule has 0 bridgehead atoms. The Hall–Kier alpha value is -1.89. The standard InChI is InChI=1S/C20H24O/c1-14(16-6-8-18(9-7-16)15(2)21)17-10-12-19(13-11-17)20(3,4)5/h6-14H,1-5H3. The molecular weight excluding hydrogens is 256 g/mol. The van der Waals surface area contributed by atoms with Crippen molar-refractivity contribution < 1.29 is 4.79 Å². The predicted molar refractivity (Wildman–Crippen MR) is 89.1 cm³/mol. The highest BCUT2D eigenvalue weighted by Crippen LogP contribution is 2.28. The van der Waals surface area contributed by atoms with Crippen molar-refractivity contribution >= 4 is 5.78 Å². The van der Waals surface area contributed by atoms with Gasteiger partial charge in [-0.05, 0) is 29.0 Å². The Bertz CT molecular complexity index is 612. The van der Waals surface area contributed by atoms with Gasteiger partial charge in [-0.25, -0.2) is 0 Å². The molecule has 0 aromatic heterocycles. The molecule has 1 unspecified atom stereocenters. The molecule has 0 radical (unpaired) electrons. The summed E-state index contributed by atoms with van der Waals surface area (Å²) in [6, 6.07) is 16.8. The van der Waals surface area contributed by atoms with Gasteiger partial charge >= 0.3 is 0 Å². The SMILES string of the molecule is CC(=O)c1ccc(C(C)c2ccc(C(C)(C)C)cc2)cc1.